The first-order valence-corrected chi connectivity index (χ1v) is 9.06. The summed E-state index contributed by atoms with van der Waals surface area (Å²) in [5, 5.41) is 7.78. The second-order valence-corrected chi connectivity index (χ2v) is 7.10. The Morgan fingerprint density at radius 1 is 1.27 bits per heavy atom. The summed E-state index contributed by atoms with van der Waals surface area (Å²) in [6.07, 6.45) is 3.65. The lowest BCUT2D eigenvalue weighted by Gasteiger charge is -2.22. The van der Waals surface area contributed by atoms with Crippen LogP contribution in [0.1, 0.15) is 46.5 Å². The van der Waals surface area contributed by atoms with Crippen molar-refractivity contribution in [3.05, 3.63) is 58.3 Å². The van der Waals surface area contributed by atoms with Crippen LogP contribution >= 0.6 is 11.6 Å². The number of carbonyl (C=O) groups is 1. The highest BCUT2D eigenvalue weighted by Crippen LogP contribution is 2.33. The second-order valence-electron chi connectivity index (χ2n) is 6.67. The highest BCUT2D eigenvalue weighted by molar-refractivity contribution is 6.30. The van der Waals surface area contributed by atoms with E-state index in [1.807, 2.05) is 49.2 Å². The first kappa shape index (κ1) is 16.8. The maximum Gasteiger partial charge on any atom is 0.275 e. The van der Waals surface area contributed by atoms with Gasteiger partial charge in [-0.15, -0.1) is 0 Å². The van der Waals surface area contributed by atoms with E-state index in [0.29, 0.717) is 17.3 Å². The van der Waals surface area contributed by atoms with Crippen molar-refractivity contribution >= 4 is 17.5 Å². The van der Waals surface area contributed by atoms with Gasteiger partial charge in [0.2, 0.25) is 0 Å². The minimum absolute atomic E-state index is 0.0428. The second kappa shape index (κ2) is 6.61. The molecule has 1 aliphatic rings. The molecule has 1 saturated heterocycles. The third-order valence-electron chi connectivity index (χ3n) is 5.04. The van der Waals surface area contributed by atoms with Gasteiger partial charge in [0, 0.05) is 22.8 Å². The van der Waals surface area contributed by atoms with Gasteiger partial charge in [0.15, 0.2) is 5.69 Å². The Balaban J connectivity index is 1.60. The molecule has 1 aliphatic heterocycles. The number of carbonyl (C=O) groups excluding carboxylic acids is 1. The molecule has 2 N–H and O–H groups in total. The summed E-state index contributed by atoms with van der Waals surface area (Å²) in [5.74, 6) is 0.768. The normalized spacial score (nSPS) is 17.0. The number of halogens is 1. The van der Waals surface area contributed by atoms with Crippen molar-refractivity contribution in [1.82, 2.24) is 25.1 Å². The van der Waals surface area contributed by atoms with Crippen molar-refractivity contribution in [1.29, 1.82) is 0 Å². The summed E-state index contributed by atoms with van der Waals surface area (Å²) in [6.45, 7) is 4.56. The minimum atomic E-state index is -0.0556. The van der Waals surface area contributed by atoms with Gasteiger partial charge in [0.25, 0.3) is 5.91 Å². The maximum absolute atomic E-state index is 13.0. The standard InChI is InChI=1S/C19H20ClN5O/c1-11-12(2)23-24-17(11)19(26)25-9-3-4-16(25)18-21-10-15(22-18)13-5-7-14(20)8-6-13/h5-8,10,16H,3-4,9H2,1-2H3,(H,21,22)(H,23,24). The Bertz CT molecular complexity index is 943. The van der Waals surface area contributed by atoms with Gasteiger partial charge in [0.05, 0.1) is 17.9 Å². The summed E-state index contributed by atoms with van der Waals surface area (Å²) in [7, 11) is 0. The van der Waals surface area contributed by atoms with E-state index in [4.69, 9.17) is 11.6 Å². The molecule has 6 nitrogen and oxygen atoms in total. The first-order valence-electron chi connectivity index (χ1n) is 8.68. The fourth-order valence-corrected chi connectivity index (χ4v) is 3.53. The van der Waals surface area contributed by atoms with Crippen LogP contribution in [-0.2, 0) is 0 Å². The van der Waals surface area contributed by atoms with Gasteiger partial charge in [-0.1, -0.05) is 23.7 Å². The van der Waals surface area contributed by atoms with E-state index in [0.717, 1.165) is 41.2 Å². The van der Waals surface area contributed by atoms with E-state index in [1.54, 1.807) is 0 Å². The molecule has 1 amide bonds. The van der Waals surface area contributed by atoms with Crippen molar-refractivity contribution in [2.24, 2.45) is 0 Å². The van der Waals surface area contributed by atoms with E-state index < -0.39 is 0 Å². The smallest absolute Gasteiger partial charge is 0.275 e. The van der Waals surface area contributed by atoms with Gasteiger partial charge < -0.3 is 9.88 Å². The van der Waals surface area contributed by atoms with Crippen LogP contribution in [-0.4, -0.2) is 37.5 Å². The lowest BCUT2D eigenvalue weighted by atomic mass is 10.1. The SMILES string of the molecule is Cc1[nH]nc(C(=O)N2CCCC2c2ncc(-c3ccc(Cl)cc3)[nH]2)c1C. The lowest BCUT2D eigenvalue weighted by molar-refractivity contribution is 0.0723. The molecule has 0 saturated carbocycles. The van der Waals surface area contributed by atoms with Gasteiger partial charge in [-0.05, 0) is 44.4 Å². The molecule has 1 unspecified atom stereocenters. The van der Waals surface area contributed by atoms with Crippen LogP contribution in [0.15, 0.2) is 30.5 Å². The van der Waals surface area contributed by atoms with Crippen LogP contribution in [0.5, 0.6) is 0 Å². The zero-order valence-electron chi connectivity index (χ0n) is 14.7. The molecule has 7 heteroatoms. The van der Waals surface area contributed by atoms with Crippen molar-refractivity contribution in [2.45, 2.75) is 32.7 Å². The molecule has 3 aromatic rings. The Morgan fingerprint density at radius 2 is 2.04 bits per heavy atom. The van der Waals surface area contributed by atoms with Gasteiger partial charge in [-0.2, -0.15) is 5.10 Å². The molecule has 0 radical (unpaired) electrons. The molecule has 1 atom stereocenters. The third kappa shape index (κ3) is 2.90. The molecule has 0 aliphatic carbocycles. The van der Waals surface area contributed by atoms with Crippen LogP contribution in [0.3, 0.4) is 0 Å². The van der Waals surface area contributed by atoms with Crippen molar-refractivity contribution in [3.63, 3.8) is 0 Å². The number of rotatable bonds is 3. The summed E-state index contributed by atoms with van der Waals surface area (Å²) in [4.78, 5) is 22.7. The van der Waals surface area contributed by atoms with E-state index in [1.165, 1.54) is 0 Å². The molecular formula is C19H20ClN5O. The first-order chi connectivity index (χ1) is 12.5. The van der Waals surface area contributed by atoms with Gasteiger partial charge in [-0.3, -0.25) is 9.89 Å². The van der Waals surface area contributed by atoms with E-state index >= 15 is 0 Å². The van der Waals surface area contributed by atoms with Crippen molar-refractivity contribution in [2.75, 3.05) is 6.54 Å². The third-order valence-corrected chi connectivity index (χ3v) is 5.29. The fourth-order valence-electron chi connectivity index (χ4n) is 3.41. The Kier molecular flexibility index (Phi) is 4.28. The van der Waals surface area contributed by atoms with Crippen LogP contribution in [0.4, 0.5) is 0 Å². The Morgan fingerprint density at radius 3 is 2.73 bits per heavy atom. The van der Waals surface area contributed by atoms with E-state index in [9.17, 15) is 4.79 Å². The quantitative estimate of drug-likeness (QED) is 0.731. The monoisotopic (exact) mass is 369 g/mol. The topological polar surface area (TPSA) is 77.7 Å². The average molecular weight is 370 g/mol. The zero-order chi connectivity index (χ0) is 18.3. The number of aromatic amines is 2. The van der Waals surface area contributed by atoms with E-state index in [2.05, 4.69) is 20.2 Å². The maximum atomic E-state index is 13.0. The van der Waals surface area contributed by atoms with Crippen molar-refractivity contribution in [3.8, 4) is 11.3 Å². The van der Waals surface area contributed by atoms with Gasteiger partial charge in [-0.25, -0.2) is 4.98 Å². The number of likely N-dealkylation sites (tertiary alicyclic amines) is 1. The molecule has 26 heavy (non-hydrogen) atoms. The number of imidazole rings is 1. The van der Waals surface area contributed by atoms with Crippen LogP contribution in [0, 0.1) is 13.8 Å². The predicted octanol–water partition coefficient (Wildman–Crippen LogP) is 4.05. The summed E-state index contributed by atoms with van der Waals surface area (Å²) in [5.41, 5.74) is 4.26. The van der Waals surface area contributed by atoms with E-state index in [-0.39, 0.29) is 11.9 Å². The Labute approximate surface area is 156 Å². The minimum Gasteiger partial charge on any atom is -0.340 e. The number of aromatic nitrogens is 4. The number of nitrogens with one attached hydrogen (secondary N) is 2. The molecule has 0 spiro atoms. The number of amides is 1. The molecule has 1 fully saturated rings. The zero-order valence-corrected chi connectivity index (χ0v) is 15.5. The molecule has 0 bridgehead atoms. The predicted molar refractivity (Wildman–Crippen MR) is 100 cm³/mol. The van der Waals surface area contributed by atoms with Crippen molar-refractivity contribution < 1.29 is 4.79 Å². The van der Waals surface area contributed by atoms with Crippen LogP contribution < -0.4 is 0 Å². The highest BCUT2D eigenvalue weighted by Gasteiger charge is 2.34. The molecule has 2 aromatic heterocycles. The van der Waals surface area contributed by atoms with Crippen LogP contribution in [0.25, 0.3) is 11.3 Å². The number of H-pyrrole nitrogens is 2. The molecule has 3 heterocycles. The average Bonchev–Trinajstić information content (AvgIpc) is 3.36. The van der Waals surface area contributed by atoms with Gasteiger partial charge >= 0.3 is 0 Å². The highest BCUT2D eigenvalue weighted by atomic mass is 35.5. The molecular weight excluding hydrogens is 350 g/mol. The summed E-state index contributed by atoms with van der Waals surface area (Å²) in [6, 6.07) is 7.55. The number of aryl methyl sites for hydroxylation is 1. The molecule has 134 valence electrons. The molecule has 4 rings (SSSR count). The number of benzene rings is 1. The fraction of sp³-hybridized carbons (Fsp3) is 0.316. The largest absolute Gasteiger partial charge is 0.340 e. The van der Waals surface area contributed by atoms with Crippen LogP contribution in [0.2, 0.25) is 5.02 Å². The summed E-state index contributed by atoms with van der Waals surface area (Å²) < 4.78 is 0. The molecule has 1 aromatic carbocycles. The summed E-state index contributed by atoms with van der Waals surface area (Å²) >= 11 is 5.96. The number of nitrogens with zero attached hydrogens (tertiary/aromatic N) is 3. The number of hydrogen-bond acceptors (Lipinski definition) is 3. The Hall–Kier alpha value is -2.60. The number of hydrogen-bond donors (Lipinski definition) is 2. The lowest BCUT2D eigenvalue weighted by Crippen LogP contribution is -2.31. The van der Waals surface area contributed by atoms with Gasteiger partial charge in [0.1, 0.15) is 5.82 Å².